The maximum absolute atomic E-state index is 11.9. The van der Waals surface area contributed by atoms with E-state index in [4.69, 9.17) is 0 Å². The molecule has 26 heavy (non-hydrogen) atoms. The van der Waals surface area contributed by atoms with Crippen LogP contribution in [0.4, 0.5) is 0 Å². The summed E-state index contributed by atoms with van der Waals surface area (Å²) in [5, 5.41) is 12.0. The highest BCUT2D eigenvalue weighted by molar-refractivity contribution is 5.89. The standard InChI is InChI=1S/C21H17N3O2/c1-14-19(21(25)26)24(20(23-14)16-9-5-11-22-12-16)13-17-8-4-7-15-6-2-3-10-18(15)17/h2-12H,13H2,1H3,(H,25,26). The van der Waals surface area contributed by atoms with Crippen molar-refractivity contribution in [2.45, 2.75) is 13.5 Å². The van der Waals surface area contributed by atoms with Crippen LogP contribution < -0.4 is 0 Å². The van der Waals surface area contributed by atoms with Crippen molar-refractivity contribution in [3.8, 4) is 11.4 Å². The van der Waals surface area contributed by atoms with Crippen molar-refractivity contribution in [1.82, 2.24) is 14.5 Å². The van der Waals surface area contributed by atoms with E-state index >= 15 is 0 Å². The molecule has 128 valence electrons. The summed E-state index contributed by atoms with van der Waals surface area (Å²) in [4.78, 5) is 20.5. The molecule has 2 heterocycles. The number of rotatable bonds is 4. The largest absolute Gasteiger partial charge is 0.477 e. The molecule has 1 N–H and O–H groups in total. The lowest BCUT2D eigenvalue weighted by Gasteiger charge is -2.12. The molecule has 0 unspecified atom stereocenters. The van der Waals surface area contributed by atoms with Gasteiger partial charge in [-0.25, -0.2) is 9.78 Å². The molecule has 0 atom stereocenters. The molecule has 0 amide bonds. The van der Waals surface area contributed by atoms with Gasteiger partial charge in [0, 0.05) is 18.0 Å². The molecule has 0 aliphatic heterocycles. The highest BCUT2D eigenvalue weighted by Gasteiger charge is 2.21. The van der Waals surface area contributed by atoms with Gasteiger partial charge in [0.05, 0.1) is 12.2 Å². The zero-order chi connectivity index (χ0) is 18.1. The van der Waals surface area contributed by atoms with Crippen molar-refractivity contribution in [3.05, 3.63) is 83.9 Å². The minimum absolute atomic E-state index is 0.205. The third kappa shape index (κ3) is 2.73. The second-order valence-electron chi connectivity index (χ2n) is 6.14. The van der Waals surface area contributed by atoms with Gasteiger partial charge in [-0.2, -0.15) is 0 Å². The number of aromatic carboxylic acids is 1. The number of nitrogens with zero attached hydrogens (tertiary/aromatic N) is 3. The Bertz CT molecular complexity index is 1100. The number of imidazole rings is 1. The Kier molecular flexibility index (Phi) is 3.97. The van der Waals surface area contributed by atoms with Crippen molar-refractivity contribution < 1.29 is 9.90 Å². The zero-order valence-electron chi connectivity index (χ0n) is 14.3. The molecule has 0 fully saturated rings. The molecule has 0 saturated carbocycles. The van der Waals surface area contributed by atoms with Crippen LogP contribution in [-0.2, 0) is 6.54 Å². The van der Waals surface area contributed by atoms with Crippen molar-refractivity contribution in [2.24, 2.45) is 0 Å². The predicted molar refractivity (Wildman–Crippen MR) is 100 cm³/mol. The lowest BCUT2D eigenvalue weighted by atomic mass is 10.0. The Morgan fingerprint density at radius 1 is 1.08 bits per heavy atom. The minimum Gasteiger partial charge on any atom is -0.477 e. The number of carbonyl (C=O) groups is 1. The number of aryl methyl sites for hydroxylation is 1. The van der Waals surface area contributed by atoms with Crippen LogP contribution >= 0.6 is 0 Å². The first kappa shape index (κ1) is 16.0. The minimum atomic E-state index is -0.981. The third-order valence-electron chi connectivity index (χ3n) is 4.47. The molecule has 0 aliphatic rings. The highest BCUT2D eigenvalue weighted by Crippen LogP contribution is 2.26. The van der Waals surface area contributed by atoms with Crippen LogP contribution in [0, 0.1) is 6.92 Å². The van der Waals surface area contributed by atoms with E-state index in [0.29, 0.717) is 18.1 Å². The van der Waals surface area contributed by atoms with Gasteiger partial charge in [-0.05, 0) is 35.4 Å². The maximum Gasteiger partial charge on any atom is 0.354 e. The summed E-state index contributed by atoms with van der Waals surface area (Å²) < 4.78 is 1.76. The van der Waals surface area contributed by atoms with Gasteiger partial charge in [0.1, 0.15) is 5.82 Å². The van der Waals surface area contributed by atoms with Gasteiger partial charge in [0.25, 0.3) is 0 Å². The Labute approximate surface area is 150 Å². The molecule has 0 saturated heterocycles. The van der Waals surface area contributed by atoms with Gasteiger partial charge in [-0.3, -0.25) is 4.98 Å². The lowest BCUT2D eigenvalue weighted by Crippen LogP contribution is -2.12. The molecule has 5 nitrogen and oxygen atoms in total. The molecule has 2 aromatic heterocycles. The van der Waals surface area contributed by atoms with Gasteiger partial charge in [-0.15, -0.1) is 0 Å². The quantitative estimate of drug-likeness (QED) is 0.604. The Morgan fingerprint density at radius 2 is 1.88 bits per heavy atom. The number of aromatic nitrogens is 3. The fraction of sp³-hybridized carbons (Fsp3) is 0.0952. The van der Waals surface area contributed by atoms with Crippen LogP contribution in [0.3, 0.4) is 0 Å². The maximum atomic E-state index is 11.9. The van der Waals surface area contributed by atoms with Crippen LogP contribution in [0.15, 0.2) is 67.0 Å². The number of carboxylic acid groups (broad SMARTS) is 1. The Morgan fingerprint density at radius 3 is 2.65 bits per heavy atom. The van der Waals surface area contributed by atoms with Crippen LogP contribution in [-0.4, -0.2) is 25.6 Å². The number of benzene rings is 2. The summed E-state index contributed by atoms with van der Waals surface area (Å²) in [7, 11) is 0. The summed E-state index contributed by atoms with van der Waals surface area (Å²) in [5.74, 6) is -0.369. The predicted octanol–water partition coefficient (Wildman–Crippen LogP) is 4.15. The van der Waals surface area contributed by atoms with E-state index in [-0.39, 0.29) is 5.69 Å². The van der Waals surface area contributed by atoms with Crippen molar-refractivity contribution in [3.63, 3.8) is 0 Å². The van der Waals surface area contributed by atoms with Crippen LogP contribution in [0.1, 0.15) is 21.7 Å². The SMILES string of the molecule is Cc1nc(-c2cccnc2)n(Cc2cccc3ccccc23)c1C(=O)O. The second kappa shape index (κ2) is 6.44. The molecule has 0 spiro atoms. The highest BCUT2D eigenvalue weighted by atomic mass is 16.4. The van der Waals surface area contributed by atoms with Crippen molar-refractivity contribution >= 4 is 16.7 Å². The van der Waals surface area contributed by atoms with Gasteiger partial charge >= 0.3 is 5.97 Å². The fourth-order valence-electron chi connectivity index (χ4n) is 3.31. The summed E-state index contributed by atoms with van der Waals surface area (Å²) in [6.45, 7) is 2.15. The summed E-state index contributed by atoms with van der Waals surface area (Å²) >= 11 is 0. The molecule has 0 aliphatic carbocycles. The number of carboxylic acids is 1. The number of hydrogen-bond donors (Lipinski definition) is 1. The number of pyridine rings is 1. The van der Waals surface area contributed by atoms with E-state index in [2.05, 4.69) is 28.2 Å². The second-order valence-corrected chi connectivity index (χ2v) is 6.14. The van der Waals surface area contributed by atoms with Crippen LogP contribution in [0.2, 0.25) is 0 Å². The van der Waals surface area contributed by atoms with Crippen LogP contribution in [0.5, 0.6) is 0 Å². The summed E-state index contributed by atoms with van der Waals surface area (Å²) in [6.07, 6.45) is 3.39. The molecule has 4 rings (SSSR count). The average Bonchev–Trinajstić information content (AvgIpc) is 2.99. The van der Waals surface area contributed by atoms with Crippen LogP contribution in [0.25, 0.3) is 22.2 Å². The van der Waals surface area contributed by atoms with E-state index in [1.807, 2.05) is 36.4 Å². The molecular formula is C21H17N3O2. The van der Waals surface area contributed by atoms with Gasteiger partial charge < -0.3 is 9.67 Å². The van der Waals surface area contributed by atoms with E-state index in [1.54, 1.807) is 23.9 Å². The molecule has 0 radical (unpaired) electrons. The molecule has 5 heteroatoms. The lowest BCUT2D eigenvalue weighted by molar-refractivity contribution is 0.0685. The topological polar surface area (TPSA) is 68.0 Å². The summed E-state index contributed by atoms with van der Waals surface area (Å²) in [6, 6.07) is 17.9. The van der Waals surface area contributed by atoms with Crippen molar-refractivity contribution in [2.75, 3.05) is 0 Å². The molecular weight excluding hydrogens is 326 g/mol. The molecule has 4 aromatic rings. The first-order chi connectivity index (χ1) is 12.6. The number of fused-ring (bicyclic) bond motifs is 1. The average molecular weight is 343 g/mol. The summed E-state index contributed by atoms with van der Waals surface area (Å²) in [5.41, 5.74) is 2.55. The van der Waals surface area contributed by atoms with E-state index < -0.39 is 5.97 Å². The first-order valence-corrected chi connectivity index (χ1v) is 8.32. The Balaban J connectivity index is 1.91. The normalized spacial score (nSPS) is 11.0. The number of hydrogen-bond acceptors (Lipinski definition) is 3. The molecule has 2 aromatic carbocycles. The fourth-order valence-corrected chi connectivity index (χ4v) is 3.31. The van der Waals surface area contributed by atoms with E-state index in [9.17, 15) is 9.90 Å². The van der Waals surface area contributed by atoms with Gasteiger partial charge in [0.2, 0.25) is 0 Å². The van der Waals surface area contributed by atoms with Crippen molar-refractivity contribution in [1.29, 1.82) is 0 Å². The van der Waals surface area contributed by atoms with E-state index in [0.717, 1.165) is 21.9 Å². The smallest absolute Gasteiger partial charge is 0.354 e. The monoisotopic (exact) mass is 343 g/mol. The van der Waals surface area contributed by atoms with Gasteiger partial charge in [0.15, 0.2) is 5.69 Å². The Hall–Kier alpha value is -3.47. The first-order valence-electron chi connectivity index (χ1n) is 8.32. The molecule has 0 bridgehead atoms. The van der Waals surface area contributed by atoms with E-state index in [1.165, 1.54) is 0 Å². The third-order valence-corrected chi connectivity index (χ3v) is 4.47. The zero-order valence-corrected chi connectivity index (χ0v) is 14.3. The van der Waals surface area contributed by atoms with Gasteiger partial charge in [-0.1, -0.05) is 42.5 Å².